The molecule has 3 aliphatic carbocycles. The summed E-state index contributed by atoms with van der Waals surface area (Å²) in [6.45, 7) is 9.19. The van der Waals surface area contributed by atoms with Crippen LogP contribution in [0.2, 0.25) is 0 Å². The highest BCUT2D eigenvalue weighted by Crippen LogP contribution is 2.62. The van der Waals surface area contributed by atoms with E-state index in [1.165, 1.54) is 19.3 Å². The Labute approximate surface area is 180 Å². The smallest absolute Gasteiger partial charge is 0.323 e. The lowest BCUT2D eigenvalue weighted by Gasteiger charge is -2.30. The molecule has 5 aliphatic rings. The molecule has 0 amide bonds. The van der Waals surface area contributed by atoms with Crippen LogP contribution in [-0.4, -0.2) is 73.2 Å². The van der Waals surface area contributed by atoms with Gasteiger partial charge in [0.1, 0.15) is 12.1 Å². The minimum Gasteiger partial charge on any atom is -0.464 e. The molecule has 2 saturated heterocycles. The van der Waals surface area contributed by atoms with Crippen molar-refractivity contribution in [1.82, 2.24) is 9.80 Å². The van der Waals surface area contributed by atoms with Crippen molar-refractivity contribution < 1.29 is 19.1 Å². The van der Waals surface area contributed by atoms with Crippen LogP contribution in [-0.2, 0) is 19.1 Å². The summed E-state index contributed by atoms with van der Waals surface area (Å²) in [5.74, 6) is 3.64. The average molecular weight is 419 g/mol. The monoisotopic (exact) mass is 418 g/mol. The molecular weight excluding hydrogens is 380 g/mol. The minimum absolute atomic E-state index is 0.0510. The first-order valence-corrected chi connectivity index (χ1v) is 12.4. The normalized spacial score (nSPS) is 38.9. The maximum atomic E-state index is 12.7. The summed E-state index contributed by atoms with van der Waals surface area (Å²) in [6, 6.07) is -0.146. The first kappa shape index (κ1) is 20.7. The van der Waals surface area contributed by atoms with Crippen molar-refractivity contribution in [2.45, 2.75) is 64.5 Å². The van der Waals surface area contributed by atoms with E-state index in [2.05, 4.69) is 23.6 Å². The van der Waals surface area contributed by atoms with Crippen molar-refractivity contribution in [1.29, 1.82) is 0 Å². The Morgan fingerprint density at radius 1 is 0.833 bits per heavy atom. The second kappa shape index (κ2) is 8.42. The van der Waals surface area contributed by atoms with Gasteiger partial charge in [0.2, 0.25) is 0 Å². The van der Waals surface area contributed by atoms with E-state index < -0.39 is 0 Å². The predicted molar refractivity (Wildman–Crippen MR) is 113 cm³/mol. The minimum atomic E-state index is -0.0729. The van der Waals surface area contributed by atoms with Crippen molar-refractivity contribution in [3.05, 3.63) is 0 Å². The molecule has 2 heterocycles. The number of ether oxygens (including phenoxy) is 2. The Morgan fingerprint density at radius 2 is 1.40 bits per heavy atom. The van der Waals surface area contributed by atoms with E-state index in [0.29, 0.717) is 31.0 Å². The Kier molecular flexibility index (Phi) is 5.82. The summed E-state index contributed by atoms with van der Waals surface area (Å²) in [7, 11) is 0. The van der Waals surface area contributed by atoms with Gasteiger partial charge in [-0.05, 0) is 68.1 Å². The summed E-state index contributed by atoms with van der Waals surface area (Å²) in [5.41, 5.74) is 0. The van der Waals surface area contributed by atoms with Crippen LogP contribution in [0.1, 0.15) is 52.4 Å². The Balaban J connectivity index is 1.21. The summed E-state index contributed by atoms with van der Waals surface area (Å²) in [5, 5.41) is 0. The highest BCUT2D eigenvalue weighted by atomic mass is 16.5. The zero-order valence-corrected chi connectivity index (χ0v) is 18.6. The molecule has 168 valence electrons. The highest BCUT2D eigenvalue weighted by molar-refractivity contribution is 5.76. The fourth-order valence-electron chi connectivity index (χ4n) is 7.20. The van der Waals surface area contributed by atoms with Crippen LogP contribution in [0, 0.1) is 35.5 Å². The molecule has 5 rings (SSSR count). The Morgan fingerprint density at radius 3 is 1.97 bits per heavy atom. The third-order valence-electron chi connectivity index (χ3n) is 8.85. The molecular formula is C24H38N2O4. The van der Waals surface area contributed by atoms with Crippen LogP contribution < -0.4 is 0 Å². The molecule has 6 heteroatoms. The standard InChI is InChI=1S/C24H38N2O4/c1-3-20(25-7-8-25)23(27)29-13-17-12-18-15-5-6-16(11-15)22(18)19(17)14-30-24(28)21(4-2)26-9-10-26/h15-22H,3-14H2,1-2H3. The molecule has 0 aromatic heterocycles. The van der Waals surface area contributed by atoms with Gasteiger partial charge in [0.05, 0.1) is 13.2 Å². The van der Waals surface area contributed by atoms with Crippen molar-refractivity contribution in [3.63, 3.8) is 0 Å². The van der Waals surface area contributed by atoms with Crippen LogP contribution in [0.25, 0.3) is 0 Å². The van der Waals surface area contributed by atoms with E-state index in [-0.39, 0.29) is 24.0 Å². The first-order chi connectivity index (χ1) is 14.6. The molecule has 0 aromatic rings. The molecule has 6 nitrogen and oxygen atoms in total. The molecule has 0 spiro atoms. The summed E-state index contributed by atoms with van der Waals surface area (Å²) in [6.07, 6.45) is 6.84. The predicted octanol–water partition coefficient (Wildman–Crippen LogP) is 2.56. The highest BCUT2D eigenvalue weighted by Gasteiger charge is 2.57. The SMILES string of the molecule is CCC(C(=O)OCC1CC2C3CCC(C3)C2C1COC(=O)C(CC)N1CC1)N1CC1. The number of hydrogen-bond donors (Lipinski definition) is 0. The number of hydrogen-bond acceptors (Lipinski definition) is 6. The van der Waals surface area contributed by atoms with Gasteiger partial charge >= 0.3 is 11.9 Å². The van der Waals surface area contributed by atoms with Crippen LogP contribution in [0.3, 0.4) is 0 Å². The van der Waals surface area contributed by atoms with Crippen LogP contribution in [0.4, 0.5) is 0 Å². The third-order valence-corrected chi connectivity index (χ3v) is 8.85. The molecule has 0 aromatic carbocycles. The van der Waals surface area contributed by atoms with Crippen molar-refractivity contribution in [2.24, 2.45) is 35.5 Å². The molecule has 5 fully saturated rings. The van der Waals surface area contributed by atoms with Gasteiger partial charge in [0.15, 0.2) is 0 Å². The van der Waals surface area contributed by atoms with E-state index >= 15 is 0 Å². The molecule has 0 radical (unpaired) electrons. The van der Waals surface area contributed by atoms with Crippen molar-refractivity contribution in [3.8, 4) is 0 Å². The third kappa shape index (κ3) is 3.90. The van der Waals surface area contributed by atoms with Crippen molar-refractivity contribution in [2.75, 3.05) is 39.4 Å². The van der Waals surface area contributed by atoms with Crippen LogP contribution in [0.15, 0.2) is 0 Å². The first-order valence-electron chi connectivity index (χ1n) is 12.4. The fourth-order valence-corrected chi connectivity index (χ4v) is 7.20. The second-order valence-corrected chi connectivity index (χ2v) is 10.4. The summed E-state index contributed by atoms with van der Waals surface area (Å²) in [4.78, 5) is 29.7. The lowest BCUT2D eigenvalue weighted by molar-refractivity contribution is -0.154. The van der Waals surface area contributed by atoms with Gasteiger partial charge in [-0.2, -0.15) is 0 Å². The second-order valence-electron chi connectivity index (χ2n) is 10.4. The largest absolute Gasteiger partial charge is 0.464 e. The fraction of sp³-hybridized carbons (Fsp3) is 0.917. The average Bonchev–Trinajstić information content (AvgIpc) is 3.64. The Hall–Kier alpha value is -1.14. The number of carbonyl (C=O) groups excluding carboxylic acids is 2. The van der Waals surface area contributed by atoms with E-state index in [1.54, 1.807) is 0 Å². The molecule has 3 saturated carbocycles. The molecule has 30 heavy (non-hydrogen) atoms. The van der Waals surface area contributed by atoms with Gasteiger partial charge in [-0.3, -0.25) is 19.4 Å². The van der Waals surface area contributed by atoms with Gasteiger partial charge in [-0.25, -0.2) is 0 Å². The molecule has 8 unspecified atom stereocenters. The topological polar surface area (TPSA) is 58.6 Å². The maximum absolute atomic E-state index is 12.7. The van der Waals surface area contributed by atoms with E-state index in [0.717, 1.165) is 63.2 Å². The van der Waals surface area contributed by atoms with Crippen LogP contribution >= 0.6 is 0 Å². The Bertz CT molecular complexity index is 662. The number of esters is 2. The van der Waals surface area contributed by atoms with Gasteiger partial charge in [0.25, 0.3) is 0 Å². The molecule has 8 atom stereocenters. The maximum Gasteiger partial charge on any atom is 0.323 e. The number of nitrogens with zero attached hydrogens (tertiary/aromatic N) is 2. The number of carbonyl (C=O) groups is 2. The van der Waals surface area contributed by atoms with Crippen LogP contribution in [0.5, 0.6) is 0 Å². The summed E-state index contributed by atoms with van der Waals surface area (Å²) < 4.78 is 11.8. The van der Waals surface area contributed by atoms with Gasteiger partial charge in [0, 0.05) is 32.1 Å². The van der Waals surface area contributed by atoms with Crippen molar-refractivity contribution >= 4 is 11.9 Å². The zero-order valence-electron chi connectivity index (χ0n) is 18.6. The number of rotatable bonds is 10. The van der Waals surface area contributed by atoms with E-state index in [4.69, 9.17) is 9.47 Å². The van der Waals surface area contributed by atoms with Gasteiger partial charge < -0.3 is 9.47 Å². The zero-order chi connectivity index (χ0) is 20.8. The summed E-state index contributed by atoms with van der Waals surface area (Å²) >= 11 is 0. The van der Waals surface area contributed by atoms with E-state index in [9.17, 15) is 9.59 Å². The molecule has 2 aliphatic heterocycles. The number of fused-ring (bicyclic) bond motifs is 5. The quantitative estimate of drug-likeness (QED) is 0.401. The van der Waals surface area contributed by atoms with E-state index in [1.807, 2.05) is 0 Å². The lowest BCUT2D eigenvalue weighted by atomic mass is 9.77. The molecule has 2 bridgehead atoms. The molecule has 0 N–H and O–H groups in total. The van der Waals surface area contributed by atoms with Gasteiger partial charge in [-0.1, -0.05) is 13.8 Å². The van der Waals surface area contributed by atoms with Gasteiger partial charge in [-0.15, -0.1) is 0 Å². The lowest BCUT2D eigenvalue weighted by Crippen LogP contribution is -2.36.